The summed E-state index contributed by atoms with van der Waals surface area (Å²) in [4.78, 5) is 41.6. The van der Waals surface area contributed by atoms with Gasteiger partial charge in [0.15, 0.2) is 0 Å². The van der Waals surface area contributed by atoms with Crippen molar-refractivity contribution in [3.05, 3.63) is 48.5 Å². The largest absolute Gasteiger partial charge is 0.370 e. The first kappa shape index (κ1) is 30.3. The number of amides is 3. The van der Waals surface area contributed by atoms with Crippen LogP contribution in [0.4, 0.5) is 5.69 Å². The van der Waals surface area contributed by atoms with Gasteiger partial charge >= 0.3 is 0 Å². The third kappa shape index (κ3) is 10.8. The van der Waals surface area contributed by atoms with Crippen molar-refractivity contribution in [2.24, 2.45) is 5.73 Å². The topological polar surface area (TPSA) is 114 Å². The van der Waals surface area contributed by atoms with Crippen molar-refractivity contribution < 1.29 is 14.4 Å². The van der Waals surface area contributed by atoms with Gasteiger partial charge in [-0.15, -0.1) is 11.3 Å². The SMILES string of the molecule is CCCCCCCCCCCCCC(=O)N[C@H](CC(N)=O)C(=O)Nc1ccc(-c2nc3ccccc3s2)cc1. The number of rotatable bonds is 18. The van der Waals surface area contributed by atoms with Gasteiger partial charge < -0.3 is 16.4 Å². The van der Waals surface area contributed by atoms with E-state index in [2.05, 4.69) is 22.5 Å². The maximum Gasteiger partial charge on any atom is 0.247 e. The van der Waals surface area contributed by atoms with Crippen LogP contribution in [0.15, 0.2) is 48.5 Å². The van der Waals surface area contributed by atoms with Crippen LogP contribution < -0.4 is 16.4 Å². The van der Waals surface area contributed by atoms with Crippen LogP contribution >= 0.6 is 11.3 Å². The lowest BCUT2D eigenvalue weighted by atomic mass is 10.0. The highest BCUT2D eigenvalue weighted by molar-refractivity contribution is 7.21. The molecule has 0 saturated carbocycles. The average molecular weight is 551 g/mol. The molecule has 3 aromatic rings. The first-order chi connectivity index (χ1) is 19.0. The van der Waals surface area contributed by atoms with Gasteiger partial charge in [-0.2, -0.15) is 0 Å². The van der Waals surface area contributed by atoms with E-state index in [1.165, 1.54) is 51.4 Å². The summed E-state index contributed by atoms with van der Waals surface area (Å²) in [6.45, 7) is 2.23. The van der Waals surface area contributed by atoms with Crippen LogP contribution in [0.3, 0.4) is 0 Å². The minimum Gasteiger partial charge on any atom is -0.370 e. The Balaban J connectivity index is 1.40. The molecular formula is C31H42N4O3S. The molecule has 0 bridgehead atoms. The molecule has 0 aliphatic carbocycles. The molecule has 0 unspecified atom stereocenters. The number of primary amides is 1. The van der Waals surface area contributed by atoms with E-state index < -0.39 is 17.9 Å². The fourth-order valence-corrected chi connectivity index (χ4v) is 5.52. The van der Waals surface area contributed by atoms with Gasteiger partial charge in [-0.05, 0) is 42.8 Å². The van der Waals surface area contributed by atoms with Crippen molar-refractivity contribution in [2.45, 2.75) is 96.4 Å². The lowest BCUT2D eigenvalue weighted by molar-refractivity contribution is -0.128. The van der Waals surface area contributed by atoms with Gasteiger partial charge in [0, 0.05) is 17.7 Å². The number of aromatic nitrogens is 1. The first-order valence-electron chi connectivity index (χ1n) is 14.3. The molecule has 2 aromatic carbocycles. The van der Waals surface area contributed by atoms with Crippen LogP contribution in [0.25, 0.3) is 20.8 Å². The summed E-state index contributed by atoms with van der Waals surface area (Å²) in [5, 5.41) is 6.39. The zero-order chi connectivity index (χ0) is 27.9. The zero-order valence-electron chi connectivity index (χ0n) is 23.0. The van der Waals surface area contributed by atoms with Crippen LogP contribution in [-0.4, -0.2) is 28.7 Å². The fraction of sp³-hybridized carbons (Fsp3) is 0.484. The molecule has 8 heteroatoms. The molecule has 1 atom stereocenters. The van der Waals surface area contributed by atoms with E-state index in [1.807, 2.05) is 36.4 Å². The second-order valence-electron chi connectivity index (χ2n) is 10.1. The molecule has 210 valence electrons. The lowest BCUT2D eigenvalue weighted by Gasteiger charge is -2.17. The Morgan fingerprint density at radius 3 is 2.08 bits per heavy atom. The Morgan fingerprint density at radius 1 is 0.846 bits per heavy atom. The van der Waals surface area contributed by atoms with E-state index in [0.29, 0.717) is 12.1 Å². The van der Waals surface area contributed by atoms with Crippen LogP contribution in [0.2, 0.25) is 0 Å². The Morgan fingerprint density at radius 2 is 1.46 bits per heavy atom. The summed E-state index contributed by atoms with van der Waals surface area (Å²) in [7, 11) is 0. The number of carbonyl (C=O) groups is 3. The maximum absolute atomic E-state index is 12.9. The molecule has 3 amide bonds. The molecule has 0 saturated heterocycles. The van der Waals surface area contributed by atoms with Crippen LogP contribution in [0.1, 0.15) is 90.4 Å². The Bertz CT molecular complexity index is 1160. The quantitative estimate of drug-likeness (QED) is 0.148. The molecule has 0 fully saturated rings. The zero-order valence-corrected chi connectivity index (χ0v) is 23.9. The molecule has 1 heterocycles. The van der Waals surface area contributed by atoms with Crippen molar-refractivity contribution in [3.63, 3.8) is 0 Å². The van der Waals surface area contributed by atoms with E-state index in [9.17, 15) is 14.4 Å². The standard InChI is InChI=1S/C31H42N4O3S/c1-2-3-4-5-6-7-8-9-10-11-12-17-29(37)34-26(22-28(32)36)30(38)33-24-20-18-23(19-21-24)31-35-25-15-13-14-16-27(25)39-31/h13-16,18-21,26H,2-12,17,22H2,1H3,(H2,32,36)(H,33,38)(H,34,37)/t26-/m1/s1. The highest BCUT2D eigenvalue weighted by Gasteiger charge is 2.23. The monoisotopic (exact) mass is 550 g/mol. The molecule has 4 N–H and O–H groups in total. The van der Waals surface area contributed by atoms with E-state index in [0.717, 1.165) is 40.1 Å². The highest BCUT2D eigenvalue weighted by Crippen LogP contribution is 2.30. The van der Waals surface area contributed by atoms with Crippen LogP contribution in [-0.2, 0) is 14.4 Å². The lowest BCUT2D eigenvalue weighted by Crippen LogP contribution is -2.46. The van der Waals surface area contributed by atoms with Crippen molar-refractivity contribution in [3.8, 4) is 10.6 Å². The average Bonchev–Trinajstić information content (AvgIpc) is 3.36. The number of para-hydroxylation sites is 1. The van der Waals surface area contributed by atoms with Gasteiger partial charge in [0.1, 0.15) is 11.0 Å². The summed E-state index contributed by atoms with van der Waals surface area (Å²) >= 11 is 1.61. The maximum atomic E-state index is 12.9. The fourth-order valence-electron chi connectivity index (χ4n) is 4.55. The molecule has 0 aliphatic heterocycles. The minimum absolute atomic E-state index is 0.237. The van der Waals surface area contributed by atoms with Gasteiger partial charge in [-0.3, -0.25) is 14.4 Å². The smallest absolute Gasteiger partial charge is 0.247 e. The summed E-state index contributed by atoms with van der Waals surface area (Å²) < 4.78 is 1.11. The van der Waals surface area contributed by atoms with E-state index >= 15 is 0 Å². The number of fused-ring (bicyclic) bond motifs is 1. The van der Waals surface area contributed by atoms with Gasteiger partial charge in [0.2, 0.25) is 17.7 Å². The van der Waals surface area contributed by atoms with Gasteiger partial charge in [0.05, 0.1) is 16.6 Å². The predicted octanol–water partition coefficient (Wildman–Crippen LogP) is 6.96. The third-order valence-corrected chi connectivity index (χ3v) is 7.84. The van der Waals surface area contributed by atoms with Gasteiger partial charge in [0.25, 0.3) is 0 Å². The van der Waals surface area contributed by atoms with Crippen LogP contribution in [0, 0.1) is 0 Å². The minimum atomic E-state index is -1.01. The van der Waals surface area contributed by atoms with E-state index in [4.69, 9.17) is 5.73 Å². The number of benzene rings is 2. The van der Waals surface area contributed by atoms with Crippen molar-refractivity contribution in [2.75, 3.05) is 5.32 Å². The van der Waals surface area contributed by atoms with Crippen molar-refractivity contribution >= 4 is 45.0 Å². The molecule has 7 nitrogen and oxygen atoms in total. The summed E-state index contributed by atoms with van der Waals surface area (Å²) in [5.41, 5.74) is 7.82. The molecule has 1 aromatic heterocycles. The number of hydrogen-bond donors (Lipinski definition) is 3. The molecule has 0 radical (unpaired) electrons. The number of thiazole rings is 1. The molecular weight excluding hydrogens is 508 g/mol. The van der Waals surface area contributed by atoms with Gasteiger partial charge in [-0.25, -0.2) is 4.98 Å². The Hall–Kier alpha value is -3.26. The van der Waals surface area contributed by atoms with E-state index in [-0.39, 0.29) is 12.3 Å². The molecule has 0 aliphatic rings. The number of carbonyl (C=O) groups excluding carboxylic acids is 3. The second-order valence-corrected chi connectivity index (χ2v) is 11.2. The normalized spacial score (nSPS) is 11.8. The summed E-state index contributed by atoms with van der Waals surface area (Å²) in [6, 6.07) is 14.3. The number of anilines is 1. The van der Waals surface area contributed by atoms with E-state index in [1.54, 1.807) is 23.5 Å². The predicted molar refractivity (Wildman–Crippen MR) is 161 cm³/mol. The first-order valence-corrected chi connectivity index (χ1v) is 15.1. The molecule has 39 heavy (non-hydrogen) atoms. The number of unbranched alkanes of at least 4 members (excludes halogenated alkanes) is 10. The van der Waals surface area contributed by atoms with Crippen LogP contribution in [0.5, 0.6) is 0 Å². The molecule has 0 spiro atoms. The number of nitrogens with zero attached hydrogens (tertiary/aromatic N) is 1. The van der Waals surface area contributed by atoms with Gasteiger partial charge in [-0.1, -0.05) is 83.3 Å². The Labute approximate surface area is 236 Å². The third-order valence-electron chi connectivity index (χ3n) is 6.76. The highest BCUT2D eigenvalue weighted by atomic mass is 32.1. The molecule has 3 rings (SSSR count). The summed E-state index contributed by atoms with van der Waals surface area (Å²) in [6.07, 6.45) is 13.3. The van der Waals surface area contributed by atoms with Crippen molar-refractivity contribution in [1.82, 2.24) is 10.3 Å². The summed E-state index contributed by atoms with van der Waals surface area (Å²) in [5.74, 6) is -1.34. The number of hydrogen-bond acceptors (Lipinski definition) is 5. The second kappa shape index (κ2) is 16.6. The van der Waals surface area contributed by atoms with Crippen molar-refractivity contribution in [1.29, 1.82) is 0 Å². The Kier molecular flexibility index (Phi) is 12.9. The number of nitrogens with one attached hydrogen (secondary N) is 2. The number of nitrogens with two attached hydrogens (primary N) is 1.